The van der Waals surface area contributed by atoms with Crippen molar-refractivity contribution in [1.82, 2.24) is 15.1 Å². The van der Waals surface area contributed by atoms with E-state index < -0.39 is 0 Å². The van der Waals surface area contributed by atoms with Crippen LogP contribution in [0.5, 0.6) is 5.75 Å². The Kier molecular flexibility index (Phi) is 6.13. The molecule has 1 atom stereocenters. The molecule has 1 aliphatic rings. The molecule has 144 valence electrons. The summed E-state index contributed by atoms with van der Waals surface area (Å²) in [4.78, 5) is 28.6. The third-order valence-electron chi connectivity index (χ3n) is 4.78. The number of benzene rings is 1. The summed E-state index contributed by atoms with van der Waals surface area (Å²) in [5.41, 5.74) is 1.51. The highest BCUT2D eigenvalue weighted by molar-refractivity contribution is 5.93. The molecule has 7 heteroatoms. The van der Waals surface area contributed by atoms with E-state index in [0.717, 1.165) is 11.3 Å². The molecule has 1 fully saturated rings. The fourth-order valence-corrected chi connectivity index (χ4v) is 3.27. The highest BCUT2D eigenvalue weighted by Gasteiger charge is 2.24. The predicted octanol–water partition coefficient (Wildman–Crippen LogP) is 1.92. The van der Waals surface area contributed by atoms with Gasteiger partial charge >= 0.3 is 0 Å². The molecule has 2 heterocycles. The maximum atomic E-state index is 12.4. The van der Waals surface area contributed by atoms with E-state index in [1.165, 1.54) is 12.5 Å². The van der Waals surface area contributed by atoms with E-state index in [0.29, 0.717) is 38.3 Å². The number of rotatable bonds is 6. The first-order chi connectivity index (χ1) is 13.1. The molecule has 2 aromatic rings. The average molecular weight is 371 g/mol. The van der Waals surface area contributed by atoms with Crippen molar-refractivity contribution in [1.29, 1.82) is 0 Å². The van der Waals surface area contributed by atoms with Gasteiger partial charge in [0.1, 0.15) is 12.0 Å². The van der Waals surface area contributed by atoms with E-state index in [9.17, 15) is 9.59 Å². The van der Waals surface area contributed by atoms with E-state index in [-0.39, 0.29) is 17.9 Å². The van der Waals surface area contributed by atoms with Gasteiger partial charge in [-0.3, -0.25) is 14.5 Å². The number of carbonyl (C=O) groups excluding carboxylic acids is 2. The SMILES string of the molecule is COc1ccccc1C(C)NC(=O)CN1CCN(C(=O)c2ccoc2)CC1. The summed E-state index contributed by atoms with van der Waals surface area (Å²) in [5, 5.41) is 3.02. The fraction of sp³-hybridized carbons (Fsp3) is 0.400. The summed E-state index contributed by atoms with van der Waals surface area (Å²) in [6.07, 6.45) is 2.96. The zero-order valence-electron chi connectivity index (χ0n) is 15.7. The molecule has 1 N–H and O–H groups in total. The zero-order valence-corrected chi connectivity index (χ0v) is 15.7. The summed E-state index contributed by atoms with van der Waals surface area (Å²) in [7, 11) is 1.62. The molecule has 3 rings (SSSR count). The highest BCUT2D eigenvalue weighted by atomic mass is 16.5. The second-order valence-corrected chi connectivity index (χ2v) is 6.61. The first-order valence-corrected chi connectivity index (χ1v) is 9.04. The molecule has 2 amide bonds. The van der Waals surface area contributed by atoms with Gasteiger partial charge in [0.15, 0.2) is 0 Å². The van der Waals surface area contributed by atoms with Crippen LogP contribution < -0.4 is 10.1 Å². The van der Waals surface area contributed by atoms with Crippen molar-refractivity contribution in [2.75, 3.05) is 39.8 Å². The van der Waals surface area contributed by atoms with Crippen molar-refractivity contribution in [2.24, 2.45) is 0 Å². The summed E-state index contributed by atoms with van der Waals surface area (Å²) in [5.74, 6) is 0.692. The minimum atomic E-state index is -0.141. The number of nitrogens with one attached hydrogen (secondary N) is 1. The lowest BCUT2D eigenvalue weighted by molar-refractivity contribution is -0.123. The number of hydrogen-bond donors (Lipinski definition) is 1. The van der Waals surface area contributed by atoms with Crippen LogP contribution in [0, 0.1) is 0 Å². The number of para-hydroxylation sites is 1. The van der Waals surface area contributed by atoms with Crippen molar-refractivity contribution < 1.29 is 18.7 Å². The molecule has 0 aliphatic carbocycles. The molecule has 1 unspecified atom stereocenters. The molecule has 1 aliphatic heterocycles. The summed E-state index contributed by atoms with van der Waals surface area (Å²) >= 11 is 0. The number of ether oxygens (including phenoxy) is 1. The molecule has 27 heavy (non-hydrogen) atoms. The van der Waals surface area contributed by atoms with Crippen LogP contribution in [0.3, 0.4) is 0 Å². The molecular formula is C20H25N3O4. The normalized spacial score (nSPS) is 16.0. The Hall–Kier alpha value is -2.80. The van der Waals surface area contributed by atoms with Gasteiger partial charge in [-0.2, -0.15) is 0 Å². The van der Waals surface area contributed by atoms with Crippen LogP contribution in [-0.4, -0.2) is 61.4 Å². The topological polar surface area (TPSA) is 75.0 Å². The maximum Gasteiger partial charge on any atom is 0.257 e. The Morgan fingerprint density at radius 3 is 2.59 bits per heavy atom. The highest BCUT2D eigenvalue weighted by Crippen LogP contribution is 2.24. The Morgan fingerprint density at radius 1 is 1.19 bits per heavy atom. The number of piperazine rings is 1. The Labute approximate surface area is 158 Å². The van der Waals surface area contributed by atoms with Crippen LogP contribution >= 0.6 is 0 Å². The third-order valence-corrected chi connectivity index (χ3v) is 4.78. The van der Waals surface area contributed by atoms with Crippen molar-refractivity contribution in [2.45, 2.75) is 13.0 Å². The standard InChI is InChI=1S/C20H25N3O4/c1-15(17-5-3-4-6-18(17)26-2)21-19(24)13-22-8-10-23(11-9-22)20(25)16-7-12-27-14-16/h3-7,12,14-15H,8-11,13H2,1-2H3,(H,21,24). The van der Waals surface area contributed by atoms with Gasteiger partial charge in [0.25, 0.3) is 5.91 Å². The van der Waals surface area contributed by atoms with E-state index in [1.807, 2.05) is 31.2 Å². The maximum absolute atomic E-state index is 12.4. The number of nitrogens with zero attached hydrogens (tertiary/aromatic N) is 2. The van der Waals surface area contributed by atoms with Crippen LogP contribution in [0.15, 0.2) is 47.3 Å². The van der Waals surface area contributed by atoms with E-state index in [2.05, 4.69) is 10.2 Å². The van der Waals surface area contributed by atoms with Gasteiger partial charge in [-0.25, -0.2) is 0 Å². The molecule has 1 saturated heterocycles. The number of methoxy groups -OCH3 is 1. The van der Waals surface area contributed by atoms with Crippen molar-refractivity contribution in [3.63, 3.8) is 0 Å². The molecule has 7 nitrogen and oxygen atoms in total. The second kappa shape index (κ2) is 8.73. The molecule has 0 saturated carbocycles. The van der Waals surface area contributed by atoms with Gasteiger partial charge in [0.05, 0.1) is 31.5 Å². The first kappa shape index (κ1) is 19.0. The van der Waals surface area contributed by atoms with Crippen molar-refractivity contribution in [3.8, 4) is 5.75 Å². The van der Waals surface area contributed by atoms with Gasteiger partial charge in [-0.05, 0) is 19.1 Å². The van der Waals surface area contributed by atoms with Crippen molar-refractivity contribution >= 4 is 11.8 Å². The van der Waals surface area contributed by atoms with E-state index >= 15 is 0 Å². The smallest absolute Gasteiger partial charge is 0.257 e. The summed E-state index contributed by atoms with van der Waals surface area (Å²) in [6, 6.07) is 9.19. The van der Waals surface area contributed by atoms with Gasteiger partial charge in [-0.1, -0.05) is 18.2 Å². The van der Waals surface area contributed by atoms with Gasteiger partial charge in [-0.15, -0.1) is 0 Å². The second-order valence-electron chi connectivity index (χ2n) is 6.61. The lowest BCUT2D eigenvalue weighted by Gasteiger charge is -2.34. The predicted molar refractivity (Wildman–Crippen MR) is 101 cm³/mol. The molecule has 1 aromatic carbocycles. The van der Waals surface area contributed by atoms with Crippen LogP contribution in [0.4, 0.5) is 0 Å². The Morgan fingerprint density at radius 2 is 1.93 bits per heavy atom. The summed E-state index contributed by atoms with van der Waals surface area (Å²) in [6.45, 7) is 4.78. The van der Waals surface area contributed by atoms with E-state index in [4.69, 9.17) is 9.15 Å². The fourth-order valence-electron chi connectivity index (χ4n) is 3.27. The third kappa shape index (κ3) is 4.68. The summed E-state index contributed by atoms with van der Waals surface area (Å²) < 4.78 is 10.3. The van der Waals surface area contributed by atoms with Crippen LogP contribution in [0.2, 0.25) is 0 Å². The minimum Gasteiger partial charge on any atom is -0.496 e. The van der Waals surface area contributed by atoms with Gasteiger partial charge in [0, 0.05) is 31.7 Å². The zero-order chi connectivity index (χ0) is 19.2. The number of carbonyl (C=O) groups is 2. The molecule has 0 radical (unpaired) electrons. The largest absolute Gasteiger partial charge is 0.496 e. The lowest BCUT2D eigenvalue weighted by atomic mass is 10.1. The Bertz CT molecular complexity index is 767. The van der Waals surface area contributed by atoms with Crippen LogP contribution in [0.1, 0.15) is 28.9 Å². The quantitative estimate of drug-likeness (QED) is 0.840. The minimum absolute atomic E-state index is 0.0300. The number of hydrogen-bond acceptors (Lipinski definition) is 5. The lowest BCUT2D eigenvalue weighted by Crippen LogP contribution is -2.51. The molecule has 1 aromatic heterocycles. The monoisotopic (exact) mass is 371 g/mol. The molecular weight excluding hydrogens is 346 g/mol. The number of amides is 2. The van der Waals surface area contributed by atoms with Gasteiger partial charge < -0.3 is 19.4 Å². The van der Waals surface area contributed by atoms with Crippen LogP contribution in [-0.2, 0) is 4.79 Å². The first-order valence-electron chi connectivity index (χ1n) is 9.04. The van der Waals surface area contributed by atoms with Gasteiger partial charge in [0.2, 0.25) is 5.91 Å². The number of furan rings is 1. The van der Waals surface area contributed by atoms with Crippen molar-refractivity contribution in [3.05, 3.63) is 54.0 Å². The molecule has 0 bridgehead atoms. The van der Waals surface area contributed by atoms with Crippen LogP contribution in [0.25, 0.3) is 0 Å². The molecule has 0 spiro atoms. The Balaban J connectivity index is 1.47. The van der Waals surface area contributed by atoms with E-state index in [1.54, 1.807) is 18.1 Å². The average Bonchev–Trinajstić information content (AvgIpc) is 3.22.